The van der Waals surface area contributed by atoms with E-state index in [1.54, 1.807) is 0 Å². The molecule has 2 rings (SSSR count). The molecule has 0 radical (unpaired) electrons. The molecule has 1 N–H and O–H groups in total. The average Bonchev–Trinajstić information content (AvgIpc) is 2.92. The first-order chi connectivity index (χ1) is 8.18. The first kappa shape index (κ1) is 12.6. The topological polar surface area (TPSA) is 23.5 Å². The van der Waals surface area contributed by atoms with E-state index in [0.717, 1.165) is 25.1 Å². The minimum atomic E-state index is -0.717. The largest absolute Gasteiger partial charge is 0.384 e. The summed E-state index contributed by atoms with van der Waals surface area (Å²) in [6.45, 7) is 6.47. The van der Waals surface area contributed by atoms with Gasteiger partial charge in [0.15, 0.2) is 0 Å². The van der Waals surface area contributed by atoms with Gasteiger partial charge in [0.2, 0.25) is 0 Å². The van der Waals surface area contributed by atoms with Gasteiger partial charge in [0.05, 0.1) is 0 Å². The van der Waals surface area contributed by atoms with E-state index < -0.39 is 5.60 Å². The molecule has 0 unspecified atom stereocenters. The Morgan fingerprint density at radius 2 is 1.82 bits per heavy atom. The highest BCUT2D eigenvalue weighted by atomic mass is 16.3. The number of hydrogen-bond donors (Lipinski definition) is 1. The fourth-order valence-corrected chi connectivity index (χ4v) is 2.90. The van der Waals surface area contributed by atoms with E-state index in [9.17, 15) is 5.11 Å². The Hall–Kier alpha value is -0.860. The van der Waals surface area contributed by atoms with Crippen molar-refractivity contribution in [3.8, 4) is 0 Å². The van der Waals surface area contributed by atoms with Gasteiger partial charge in [-0.2, -0.15) is 0 Å². The molecule has 1 saturated heterocycles. The van der Waals surface area contributed by atoms with Crippen molar-refractivity contribution in [2.24, 2.45) is 0 Å². The maximum absolute atomic E-state index is 11.0. The van der Waals surface area contributed by atoms with Crippen LogP contribution in [0.5, 0.6) is 0 Å². The Kier molecular flexibility index (Phi) is 3.85. The molecule has 0 amide bonds. The van der Waals surface area contributed by atoms with Crippen LogP contribution in [-0.4, -0.2) is 29.1 Å². The third-order valence-corrected chi connectivity index (χ3v) is 4.19. The summed E-state index contributed by atoms with van der Waals surface area (Å²) in [6, 6.07) is 10.3. The maximum Gasteiger partial charge on any atom is 0.105 e. The van der Waals surface area contributed by atoms with E-state index in [4.69, 9.17) is 0 Å². The van der Waals surface area contributed by atoms with Gasteiger partial charge in [-0.15, -0.1) is 0 Å². The molecular weight excluding hydrogens is 210 g/mol. The molecule has 1 heterocycles. The Balaban J connectivity index is 2.24. The van der Waals surface area contributed by atoms with Crippen LogP contribution in [0, 0.1) is 0 Å². The lowest BCUT2D eigenvalue weighted by molar-refractivity contribution is -0.0427. The molecule has 0 aliphatic carbocycles. The van der Waals surface area contributed by atoms with E-state index in [0.29, 0.717) is 0 Å². The zero-order chi connectivity index (χ0) is 12.3. The summed E-state index contributed by atoms with van der Waals surface area (Å²) in [6.07, 6.45) is 3.28. The van der Waals surface area contributed by atoms with Crippen molar-refractivity contribution in [1.29, 1.82) is 0 Å². The zero-order valence-electron chi connectivity index (χ0n) is 10.9. The lowest BCUT2D eigenvalue weighted by Crippen LogP contribution is -2.47. The monoisotopic (exact) mass is 233 g/mol. The highest BCUT2D eigenvalue weighted by Gasteiger charge is 2.37. The predicted octanol–water partition coefficient (Wildman–Crippen LogP) is 2.77. The van der Waals surface area contributed by atoms with E-state index in [1.807, 2.05) is 30.3 Å². The lowest BCUT2D eigenvalue weighted by Gasteiger charge is -2.39. The molecule has 1 aromatic rings. The first-order valence-electron chi connectivity index (χ1n) is 6.70. The number of rotatable bonds is 4. The Morgan fingerprint density at radius 3 is 2.35 bits per heavy atom. The molecule has 94 valence electrons. The summed E-state index contributed by atoms with van der Waals surface area (Å²) in [7, 11) is 0. The van der Waals surface area contributed by atoms with E-state index in [2.05, 4.69) is 18.7 Å². The van der Waals surface area contributed by atoms with Crippen LogP contribution in [0.15, 0.2) is 30.3 Å². The molecule has 0 aromatic heterocycles. The summed E-state index contributed by atoms with van der Waals surface area (Å²) in [5, 5.41) is 11.0. The highest BCUT2D eigenvalue weighted by molar-refractivity contribution is 5.24. The number of benzene rings is 1. The molecule has 1 fully saturated rings. The second kappa shape index (κ2) is 5.19. The molecule has 1 aliphatic heterocycles. The van der Waals surface area contributed by atoms with Gasteiger partial charge >= 0.3 is 0 Å². The van der Waals surface area contributed by atoms with Crippen molar-refractivity contribution >= 4 is 0 Å². The third-order valence-electron chi connectivity index (χ3n) is 4.19. The summed E-state index contributed by atoms with van der Waals surface area (Å²) in [4.78, 5) is 2.41. The van der Waals surface area contributed by atoms with Crippen molar-refractivity contribution in [3.63, 3.8) is 0 Å². The van der Waals surface area contributed by atoms with Gasteiger partial charge in [-0.3, -0.25) is 4.90 Å². The highest BCUT2D eigenvalue weighted by Crippen LogP contribution is 2.33. The minimum Gasteiger partial charge on any atom is -0.384 e. The smallest absolute Gasteiger partial charge is 0.105 e. The molecule has 1 aromatic carbocycles. The molecule has 2 heteroatoms. The van der Waals surface area contributed by atoms with Gasteiger partial charge in [0.25, 0.3) is 0 Å². The zero-order valence-corrected chi connectivity index (χ0v) is 10.9. The number of nitrogens with zero attached hydrogens (tertiary/aromatic N) is 1. The van der Waals surface area contributed by atoms with Crippen molar-refractivity contribution in [2.75, 3.05) is 13.1 Å². The molecule has 0 spiro atoms. The minimum absolute atomic E-state index is 0.192. The Morgan fingerprint density at radius 1 is 1.24 bits per heavy atom. The van der Waals surface area contributed by atoms with Crippen LogP contribution >= 0.6 is 0 Å². The third kappa shape index (κ3) is 2.38. The van der Waals surface area contributed by atoms with Crippen molar-refractivity contribution in [1.82, 2.24) is 4.90 Å². The lowest BCUT2D eigenvalue weighted by atomic mass is 9.84. The van der Waals surface area contributed by atoms with Gasteiger partial charge in [-0.1, -0.05) is 37.3 Å². The van der Waals surface area contributed by atoms with Crippen LogP contribution in [-0.2, 0) is 5.60 Å². The van der Waals surface area contributed by atoms with Crippen LogP contribution in [0.1, 0.15) is 38.7 Å². The fourth-order valence-electron chi connectivity index (χ4n) is 2.90. The van der Waals surface area contributed by atoms with Crippen LogP contribution in [0.4, 0.5) is 0 Å². The van der Waals surface area contributed by atoms with Gasteiger partial charge in [0.1, 0.15) is 5.60 Å². The number of likely N-dealkylation sites (tertiary alicyclic amines) is 1. The van der Waals surface area contributed by atoms with Crippen molar-refractivity contribution in [2.45, 2.75) is 44.8 Å². The number of hydrogen-bond acceptors (Lipinski definition) is 2. The molecule has 0 bridgehead atoms. The molecular formula is C15H23NO. The Bertz CT molecular complexity index is 345. The predicted molar refractivity (Wildman–Crippen MR) is 70.9 cm³/mol. The maximum atomic E-state index is 11.0. The van der Waals surface area contributed by atoms with E-state index in [-0.39, 0.29) is 6.04 Å². The normalized spacial score (nSPS) is 22.3. The summed E-state index contributed by atoms with van der Waals surface area (Å²) < 4.78 is 0. The van der Waals surface area contributed by atoms with Gasteiger partial charge in [-0.25, -0.2) is 0 Å². The second-order valence-electron chi connectivity index (χ2n) is 5.06. The molecule has 2 nitrogen and oxygen atoms in total. The SMILES string of the molecule is CC[C@@](O)(c1ccccc1)[C@@H](C)N1CCCC1. The second-order valence-corrected chi connectivity index (χ2v) is 5.06. The Labute approximate surface area is 104 Å². The molecule has 17 heavy (non-hydrogen) atoms. The van der Waals surface area contributed by atoms with Gasteiger partial charge in [0, 0.05) is 6.04 Å². The van der Waals surface area contributed by atoms with Gasteiger partial charge in [-0.05, 0) is 44.8 Å². The molecule has 2 atom stereocenters. The van der Waals surface area contributed by atoms with Crippen LogP contribution in [0.3, 0.4) is 0 Å². The van der Waals surface area contributed by atoms with Crippen LogP contribution in [0.2, 0.25) is 0 Å². The van der Waals surface area contributed by atoms with Crippen LogP contribution < -0.4 is 0 Å². The van der Waals surface area contributed by atoms with E-state index >= 15 is 0 Å². The summed E-state index contributed by atoms with van der Waals surface area (Å²) >= 11 is 0. The van der Waals surface area contributed by atoms with E-state index in [1.165, 1.54) is 12.8 Å². The average molecular weight is 233 g/mol. The van der Waals surface area contributed by atoms with Crippen molar-refractivity contribution < 1.29 is 5.11 Å². The molecule has 0 saturated carbocycles. The fraction of sp³-hybridized carbons (Fsp3) is 0.600. The first-order valence-corrected chi connectivity index (χ1v) is 6.70. The van der Waals surface area contributed by atoms with Crippen LogP contribution in [0.25, 0.3) is 0 Å². The standard InChI is InChI=1S/C15H23NO/c1-3-15(17,14-9-5-4-6-10-14)13(2)16-11-7-8-12-16/h4-6,9-10,13,17H,3,7-8,11-12H2,1-2H3/t13-,15+/m1/s1. The molecule has 1 aliphatic rings. The number of aliphatic hydroxyl groups is 1. The quantitative estimate of drug-likeness (QED) is 0.864. The summed E-state index contributed by atoms with van der Waals surface area (Å²) in [5.41, 5.74) is 0.327. The summed E-state index contributed by atoms with van der Waals surface area (Å²) in [5.74, 6) is 0. The van der Waals surface area contributed by atoms with Crippen molar-refractivity contribution in [3.05, 3.63) is 35.9 Å². The van der Waals surface area contributed by atoms with Gasteiger partial charge < -0.3 is 5.11 Å².